The number of benzene rings is 2. The molecule has 16 heavy (non-hydrogen) atoms. The molecule has 0 radical (unpaired) electrons. The van der Waals surface area contributed by atoms with Gasteiger partial charge in [-0.3, -0.25) is 0 Å². The number of aryl methyl sites for hydroxylation is 2. The lowest BCUT2D eigenvalue weighted by Crippen LogP contribution is -1.95. The molecule has 0 atom stereocenters. The van der Waals surface area contributed by atoms with E-state index in [4.69, 9.17) is 0 Å². The summed E-state index contributed by atoms with van der Waals surface area (Å²) in [7, 11) is 0. The SMILES string of the molecule is BrCc1ccccc1CCc1ccccc1. The summed E-state index contributed by atoms with van der Waals surface area (Å²) < 4.78 is 0. The molecule has 0 fully saturated rings. The molecular formula is C15H15Br. The van der Waals surface area contributed by atoms with Gasteiger partial charge in [-0.1, -0.05) is 70.5 Å². The first-order valence-corrected chi connectivity index (χ1v) is 6.69. The molecule has 0 bridgehead atoms. The summed E-state index contributed by atoms with van der Waals surface area (Å²) in [6, 6.07) is 19.3. The van der Waals surface area contributed by atoms with Crippen molar-refractivity contribution >= 4 is 15.9 Å². The predicted octanol–water partition coefficient (Wildman–Crippen LogP) is 4.37. The van der Waals surface area contributed by atoms with E-state index >= 15 is 0 Å². The first kappa shape index (κ1) is 11.4. The second-order valence-corrected chi connectivity index (χ2v) is 4.45. The quantitative estimate of drug-likeness (QED) is 0.727. The molecule has 0 unspecified atom stereocenters. The van der Waals surface area contributed by atoms with E-state index in [1.165, 1.54) is 16.7 Å². The first-order valence-electron chi connectivity index (χ1n) is 5.57. The third kappa shape index (κ3) is 2.96. The molecule has 0 N–H and O–H groups in total. The second-order valence-electron chi connectivity index (χ2n) is 3.89. The largest absolute Gasteiger partial charge is 0.0876 e. The molecule has 0 saturated heterocycles. The van der Waals surface area contributed by atoms with Crippen LogP contribution in [0.4, 0.5) is 0 Å². The minimum Gasteiger partial charge on any atom is -0.0876 e. The zero-order valence-corrected chi connectivity index (χ0v) is 10.8. The summed E-state index contributed by atoms with van der Waals surface area (Å²) in [5.41, 5.74) is 4.26. The molecule has 82 valence electrons. The van der Waals surface area contributed by atoms with Gasteiger partial charge in [0, 0.05) is 5.33 Å². The van der Waals surface area contributed by atoms with Crippen molar-refractivity contribution < 1.29 is 0 Å². The average molecular weight is 275 g/mol. The summed E-state index contributed by atoms with van der Waals surface area (Å²) in [4.78, 5) is 0. The molecular weight excluding hydrogens is 260 g/mol. The smallest absolute Gasteiger partial charge is 0.0285 e. The highest BCUT2D eigenvalue weighted by atomic mass is 79.9. The van der Waals surface area contributed by atoms with Gasteiger partial charge in [-0.2, -0.15) is 0 Å². The van der Waals surface area contributed by atoms with Crippen LogP contribution in [-0.2, 0) is 18.2 Å². The summed E-state index contributed by atoms with van der Waals surface area (Å²) >= 11 is 3.53. The summed E-state index contributed by atoms with van der Waals surface area (Å²) in [5, 5.41) is 0.942. The molecule has 0 saturated carbocycles. The molecule has 0 heterocycles. The fourth-order valence-corrected chi connectivity index (χ4v) is 2.40. The third-order valence-corrected chi connectivity index (χ3v) is 3.39. The predicted molar refractivity (Wildman–Crippen MR) is 72.9 cm³/mol. The van der Waals surface area contributed by atoms with E-state index in [2.05, 4.69) is 70.5 Å². The molecule has 0 aliphatic carbocycles. The lowest BCUT2D eigenvalue weighted by atomic mass is 10.0. The van der Waals surface area contributed by atoms with Gasteiger partial charge in [0.15, 0.2) is 0 Å². The normalized spacial score (nSPS) is 10.3. The zero-order chi connectivity index (χ0) is 11.2. The van der Waals surface area contributed by atoms with Crippen LogP contribution in [-0.4, -0.2) is 0 Å². The topological polar surface area (TPSA) is 0 Å². The Labute approximate surface area is 105 Å². The highest BCUT2D eigenvalue weighted by Crippen LogP contribution is 2.15. The van der Waals surface area contributed by atoms with Crippen molar-refractivity contribution in [1.82, 2.24) is 0 Å². The van der Waals surface area contributed by atoms with Crippen molar-refractivity contribution in [3.05, 3.63) is 71.3 Å². The fraction of sp³-hybridized carbons (Fsp3) is 0.200. The summed E-state index contributed by atoms with van der Waals surface area (Å²) in [5.74, 6) is 0. The van der Waals surface area contributed by atoms with Gasteiger partial charge >= 0.3 is 0 Å². The summed E-state index contributed by atoms with van der Waals surface area (Å²) in [6.07, 6.45) is 2.23. The number of hydrogen-bond acceptors (Lipinski definition) is 0. The Hall–Kier alpha value is -1.08. The monoisotopic (exact) mass is 274 g/mol. The Balaban J connectivity index is 2.05. The Bertz CT molecular complexity index is 434. The van der Waals surface area contributed by atoms with E-state index in [0.717, 1.165) is 18.2 Å². The van der Waals surface area contributed by atoms with Crippen LogP contribution in [0.5, 0.6) is 0 Å². The van der Waals surface area contributed by atoms with Gasteiger partial charge < -0.3 is 0 Å². The van der Waals surface area contributed by atoms with Gasteiger partial charge in [-0.25, -0.2) is 0 Å². The fourth-order valence-electron chi connectivity index (χ4n) is 1.86. The van der Waals surface area contributed by atoms with E-state index in [0.29, 0.717) is 0 Å². The number of hydrogen-bond donors (Lipinski definition) is 0. The van der Waals surface area contributed by atoms with E-state index < -0.39 is 0 Å². The van der Waals surface area contributed by atoms with Gasteiger partial charge in [0.2, 0.25) is 0 Å². The van der Waals surface area contributed by atoms with Gasteiger partial charge in [0.1, 0.15) is 0 Å². The lowest BCUT2D eigenvalue weighted by molar-refractivity contribution is 0.948. The maximum Gasteiger partial charge on any atom is 0.0285 e. The van der Waals surface area contributed by atoms with E-state index in [1.807, 2.05) is 0 Å². The van der Waals surface area contributed by atoms with Crippen LogP contribution in [0.2, 0.25) is 0 Å². The molecule has 0 nitrogen and oxygen atoms in total. The molecule has 0 spiro atoms. The Morgan fingerprint density at radius 3 is 2.00 bits per heavy atom. The molecule has 2 rings (SSSR count). The molecule has 0 amide bonds. The van der Waals surface area contributed by atoms with Crippen LogP contribution >= 0.6 is 15.9 Å². The minimum atomic E-state index is 0.942. The van der Waals surface area contributed by atoms with Crippen LogP contribution in [0.15, 0.2) is 54.6 Å². The Morgan fingerprint density at radius 1 is 0.688 bits per heavy atom. The zero-order valence-electron chi connectivity index (χ0n) is 9.20. The third-order valence-electron chi connectivity index (χ3n) is 2.79. The molecule has 0 aliphatic heterocycles. The maximum absolute atomic E-state index is 3.53. The van der Waals surface area contributed by atoms with Crippen LogP contribution in [0.25, 0.3) is 0 Å². The Kier molecular flexibility index (Phi) is 4.17. The van der Waals surface area contributed by atoms with Crippen molar-refractivity contribution in [3.8, 4) is 0 Å². The number of halogens is 1. The van der Waals surface area contributed by atoms with Gasteiger partial charge in [0.25, 0.3) is 0 Å². The van der Waals surface area contributed by atoms with E-state index in [-0.39, 0.29) is 0 Å². The van der Waals surface area contributed by atoms with Crippen molar-refractivity contribution in [3.63, 3.8) is 0 Å². The lowest BCUT2D eigenvalue weighted by Gasteiger charge is -2.06. The number of alkyl halides is 1. The van der Waals surface area contributed by atoms with Gasteiger partial charge in [0.05, 0.1) is 0 Å². The Morgan fingerprint density at radius 2 is 1.31 bits per heavy atom. The molecule has 1 heteroatoms. The van der Waals surface area contributed by atoms with Crippen LogP contribution in [0.3, 0.4) is 0 Å². The highest BCUT2D eigenvalue weighted by molar-refractivity contribution is 9.08. The van der Waals surface area contributed by atoms with Crippen molar-refractivity contribution in [1.29, 1.82) is 0 Å². The highest BCUT2D eigenvalue weighted by Gasteiger charge is 2.00. The van der Waals surface area contributed by atoms with Crippen molar-refractivity contribution in [2.24, 2.45) is 0 Å². The molecule has 2 aromatic rings. The summed E-state index contributed by atoms with van der Waals surface area (Å²) in [6.45, 7) is 0. The van der Waals surface area contributed by atoms with Crippen LogP contribution in [0.1, 0.15) is 16.7 Å². The number of rotatable bonds is 4. The molecule has 2 aromatic carbocycles. The molecule has 0 aromatic heterocycles. The van der Waals surface area contributed by atoms with E-state index in [9.17, 15) is 0 Å². The van der Waals surface area contributed by atoms with Crippen LogP contribution in [0, 0.1) is 0 Å². The van der Waals surface area contributed by atoms with Crippen molar-refractivity contribution in [2.45, 2.75) is 18.2 Å². The van der Waals surface area contributed by atoms with Crippen LogP contribution < -0.4 is 0 Å². The maximum atomic E-state index is 3.53. The second kappa shape index (κ2) is 5.86. The minimum absolute atomic E-state index is 0.942. The first-order chi connectivity index (χ1) is 7.90. The van der Waals surface area contributed by atoms with E-state index in [1.54, 1.807) is 0 Å². The van der Waals surface area contributed by atoms with Gasteiger partial charge in [-0.15, -0.1) is 0 Å². The molecule has 0 aliphatic rings. The van der Waals surface area contributed by atoms with Crippen molar-refractivity contribution in [2.75, 3.05) is 0 Å². The van der Waals surface area contributed by atoms with Gasteiger partial charge in [-0.05, 0) is 29.5 Å². The average Bonchev–Trinajstić information content (AvgIpc) is 2.38. The standard InChI is InChI=1S/C15H15Br/c16-12-15-9-5-4-8-14(15)11-10-13-6-2-1-3-7-13/h1-9H,10-12H2.